The van der Waals surface area contributed by atoms with E-state index in [2.05, 4.69) is 28.1 Å². The van der Waals surface area contributed by atoms with Crippen LogP contribution in [0.25, 0.3) is 0 Å². The lowest BCUT2D eigenvalue weighted by molar-refractivity contribution is -0.116. The monoisotopic (exact) mass is 391 g/mol. The zero-order chi connectivity index (χ0) is 19.0. The maximum atomic E-state index is 12.3. The summed E-state index contributed by atoms with van der Waals surface area (Å²) in [5.74, 6) is -0.0455. The number of sulfone groups is 1. The average molecular weight is 391 g/mol. The van der Waals surface area contributed by atoms with E-state index >= 15 is 0 Å². The maximum absolute atomic E-state index is 12.3. The van der Waals surface area contributed by atoms with E-state index in [0.717, 1.165) is 18.5 Å². The molecule has 2 aliphatic heterocycles. The third-order valence-electron chi connectivity index (χ3n) is 5.85. The van der Waals surface area contributed by atoms with E-state index < -0.39 is 15.1 Å². The Morgan fingerprint density at radius 2 is 1.96 bits per heavy atom. The second-order valence-corrected chi connectivity index (χ2v) is 10.0. The average Bonchev–Trinajstić information content (AvgIpc) is 3.25. The number of fused-ring (bicyclic) bond motifs is 2. The summed E-state index contributed by atoms with van der Waals surface area (Å²) in [6.07, 6.45) is 5.46. The number of nitrogens with one attached hydrogen (secondary N) is 3. The van der Waals surface area contributed by atoms with Gasteiger partial charge in [0, 0.05) is 12.1 Å². The number of unbranched alkanes of at least 4 members (excludes halogenated alkanes) is 1. The van der Waals surface area contributed by atoms with Gasteiger partial charge in [-0.25, -0.2) is 13.2 Å². The SMILES string of the molecule is O=C(CCCC[C@@H]1[C@@H]2NC(=O)N[C@@H]2CS1(=O)=O)Nc1ccc2c(c1)CCC2. The number of benzene rings is 1. The summed E-state index contributed by atoms with van der Waals surface area (Å²) in [6, 6.07) is 5.13. The van der Waals surface area contributed by atoms with Gasteiger partial charge in [-0.1, -0.05) is 12.5 Å². The Kier molecular flexibility index (Phi) is 4.84. The van der Waals surface area contributed by atoms with E-state index in [4.69, 9.17) is 0 Å². The summed E-state index contributed by atoms with van der Waals surface area (Å²) >= 11 is 0. The van der Waals surface area contributed by atoms with Gasteiger partial charge in [0.2, 0.25) is 5.91 Å². The fraction of sp³-hybridized carbons (Fsp3) is 0.579. The largest absolute Gasteiger partial charge is 0.332 e. The highest BCUT2D eigenvalue weighted by Gasteiger charge is 2.51. The summed E-state index contributed by atoms with van der Waals surface area (Å²) in [7, 11) is -3.20. The molecule has 2 fully saturated rings. The Hall–Kier alpha value is -2.09. The Bertz CT molecular complexity index is 868. The lowest BCUT2D eigenvalue weighted by Crippen LogP contribution is -2.39. The van der Waals surface area contributed by atoms with E-state index in [1.807, 2.05) is 6.07 Å². The van der Waals surface area contributed by atoms with Crippen LogP contribution < -0.4 is 16.0 Å². The van der Waals surface area contributed by atoms with E-state index in [0.29, 0.717) is 25.7 Å². The van der Waals surface area contributed by atoms with Gasteiger partial charge in [-0.2, -0.15) is 0 Å². The highest BCUT2D eigenvalue weighted by molar-refractivity contribution is 7.92. The van der Waals surface area contributed by atoms with E-state index in [1.165, 1.54) is 17.5 Å². The molecule has 0 saturated carbocycles. The predicted molar refractivity (Wildman–Crippen MR) is 102 cm³/mol. The van der Waals surface area contributed by atoms with Crippen molar-refractivity contribution < 1.29 is 18.0 Å². The number of aryl methyl sites for hydroxylation is 2. The summed E-state index contributed by atoms with van der Waals surface area (Å²) in [5.41, 5.74) is 3.53. The molecule has 0 radical (unpaired) electrons. The van der Waals surface area contributed by atoms with Crippen molar-refractivity contribution in [3.63, 3.8) is 0 Å². The van der Waals surface area contributed by atoms with Crippen LogP contribution in [-0.2, 0) is 27.5 Å². The van der Waals surface area contributed by atoms with Crippen molar-refractivity contribution in [3.05, 3.63) is 29.3 Å². The highest BCUT2D eigenvalue weighted by Crippen LogP contribution is 2.29. The van der Waals surface area contributed by atoms with E-state index in [1.54, 1.807) is 0 Å². The molecule has 0 aromatic heterocycles. The number of amides is 3. The Labute approximate surface area is 159 Å². The molecular formula is C19H25N3O4S. The minimum atomic E-state index is -3.20. The molecule has 3 N–H and O–H groups in total. The molecular weight excluding hydrogens is 366 g/mol. The van der Waals surface area contributed by atoms with Crippen LogP contribution >= 0.6 is 0 Å². The second-order valence-electron chi connectivity index (χ2n) is 7.75. The zero-order valence-electron chi connectivity index (χ0n) is 15.2. The van der Waals surface area contributed by atoms with Crippen molar-refractivity contribution in [2.75, 3.05) is 11.1 Å². The number of hydrogen-bond donors (Lipinski definition) is 3. The van der Waals surface area contributed by atoms with Gasteiger partial charge >= 0.3 is 6.03 Å². The number of hydrogen-bond acceptors (Lipinski definition) is 4. The van der Waals surface area contributed by atoms with Gasteiger partial charge in [-0.15, -0.1) is 0 Å². The number of carbonyl (C=O) groups excluding carboxylic acids is 2. The van der Waals surface area contributed by atoms with Crippen molar-refractivity contribution in [2.45, 2.75) is 62.3 Å². The fourth-order valence-electron chi connectivity index (χ4n) is 4.51. The van der Waals surface area contributed by atoms with Crippen LogP contribution in [0.15, 0.2) is 18.2 Å². The van der Waals surface area contributed by atoms with Gasteiger partial charge in [-0.05, 0) is 55.4 Å². The van der Waals surface area contributed by atoms with Gasteiger partial charge in [0.25, 0.3) is 0 Å². The maximum Gasteiger partial charge on any atom is 0.315 e. The van der Waals surface area contributed by atoms with E-state index in [-0.39, 0.29) is 29.8 Å². The molecule has 3 aliphatic rings. The minimum Gasteiger partial charge on any atom is -0.332 e. The van der Waals surface area contributed by atoms with E-state index in [9.17, 15) is 18.0 Å². The quantitative estimate of drug-likeness (QED) is 0.505. The van der Waals surface area contributed by atoms with Crippen LogP contribution in [-0.4, -0.2) is 43.4 Å². The topological polar surface area (TPSA) is 104 Å². The van der Waals surface area contributed by atoms with Gasteiger partial charge in [-0.3, -0.25) is 4.79 Å². The molecule has 1 aromatic rings. The molecule has 3 amide bonds. The Morgan fingerprint density at radius 3 is 2.81 bits per heavy atom. The summed E-state index contributed by atoms with van der Waals surface area (Å²) < 4.78 is 24.5. The van der Waals surface area contributed by atoms with Crippen LogP contribution in [0.1, 0.15) is 43.2 Å². The molecule has 0 spiro atoms. The number of carbonyl (C=O) groups is 2. The third kappa shape index (κ3) is 3.81. The molecule has 1 aliphatic carbocycles. The minimum absolute atomic E-state index is 0.000111. The molecule has 2 saturated heterocycles. The van der Waals surface area contributed by atoms with Crippen molar-refractivity contribution in [3.8, 4) is 0 Å². The molecule has 0 bridgehead atoms. The number of urea groups is 1. The van der Waals surface area contributed by atoms with Gasteiger partial charge in [0.1, 0.15) is 0 Å². The smallest absolute Gasteiger partial charge is 0.315 e. The molecule has 4 rings (SSSR count). The fourth-order valence-corrected chi connectivity index (χ4v) is 6.78. The van der Waals surface area contributed by atoms with Crippen LogP contribution in [0.5, 0.6) is 0 Å². The molecule has 7 nitrogen and oxygen atoms in total. The number of rotatable bonds is 6. The first-order chi connectivity index (χ1) is 12.9. The van der Waals surface area contributed by atoms with Gasteiger partial charge in [0.05, 0.1) is 23.1 Å². The van der Waals surface area contributed by atoms with Crippen LogP contribution in [0, 0.1) is 0 Å². The lowest BCUT2D eigenvalue weighted by Gasteiger charge is -2.16. The molecule has 8 heteroatoms. The second kappa shape index (κ2) is 7.14. The predicted octanol–water partition coefficient (Wildman–Crippen LogP) is 1.52. The molecule has 1 aromatic carbocycles. The highest BCUT2D eigenvalue weighted by atomic mass is 32.2. The van der Waals surface area contributed by atoms with Crippen molar-refractivity contribution in [2.24, 2.45) is 0 Å². The van der Waals surface area contributed by atoms with Crippen LogP contribution in [0.3, 0.4) is 0 Å². The zero-order valence-corrected chi connectivity index (χ0v) is 16.0. The normalized spacial score (nSPS) is 27.6. The first-order valence-electron chi connectivity index (χ1n) is 9.63. The van der Waals surface area contributed by atoms with Crippen molar-refractivity contribution >= 4 is 27.5 Å². The molecule has 2 heterocycles. The van der Waals surface area contributed by atoms with Gasteiger partial charge in [0.15, 0.2) is 9.84 Å². The molecule has 0 unspecified atom stereocenters. The van der Waals surface area contributed by atoms with Crippen molar-refractivity contribution in [1.82, 2.24) is 10.6 Å². The molecule has 3 atom stereocenters. The molecule has 27 heavy (non-hydrogen) atoms. The first-order valence-corrected chi connectivity index (χ1v) is 11.3. The summed E-state index contributed by atoms with van der Waals surface area (Å²) in [4.78, 5) is 23.6. The Morgan fingerprint density at radius 1 is 1.15 bits per heavy atom. The summed E-state index contributed by atoms with van der Waals surface area (Å²) in [6.45, 7) is 0. The third-order valence-corrected chi connectivity index (χ3v) is 8.12. The lowest BCUT2D eigenvalue weighted by atomic mass is 10.0. The summed E-state index contributed by atoms with van der Waals surface area (Å²) in [5, 5.41) is 7.76. The molecule has 146 valence electrons. The van der Waals surface area contributed by atoms with Gasteiger partial charge < -0.3 is 16.0 Å². The van der Waals surface area contributed by atoms with Crippen molar-refractivity contribution in [1.29, 1.82) is 0 Å². The number of anilines is 1. The first kappa shape index (κ1) is 18.3. The van der Waals surface area contributed by atoms with Crippen LogP contribution in [0.2, 0.25) is 0 Å². The Balaban J connectivity index is 1.24. The van der Waals surface area contributed by atoms with Crippen LogP contribution in [0.4, 0.5) is 10.5 Å². The standard InChI is InChI=1S/C19H25N3O4S/c23-17(20-14-9-8-12-4-3-5-13(12)10-14)7-2-1-6-16-18-15(11-27(16,25)26)21-19(24)22-18/h8-10,15-16,18H,1-7,11H2,(H,20,23)(H2,21,22,24)/t15-,16-,18-/m1/s1.